The number of hydrogen-bond donors (Lipinski definition) is 0. The van der Waals surface area contributed by atoms with Crippen LogP contribution in [0.25, 0.3) is 0 Å². The van der Waals surface area contributed by atoms with E-state index in [0.29, 0.717) is 6.42 Å². The molecule has 0 rings (SSSR count). The first-order valence-corrected chi connectivity index (χ1v) is 3.79. The summed E-state index contributed by atoms with van der Waals surface area (Å²) in [5.41, 5.74) is 0. The molecule has 2 nitrogen and oxygen atoms in total. The van der Waals surface area contributed by atoms with E-state index in [2.05, 4.69) is 0 Å². The maximum absolute atomic E-state index is 10.2. The second-order valence-corrected chi connectivity index (χ2v) is 2.41. The molecule has 0 atom stereocenters. The van der Waals surface area contributed by atoms with Crippen LogP contribution in [0.1, 0.15) is 6.42 Å². The van der Waals surface area contributed by atoms with Gasteiger partial charge >= 0.3 is 51.4 Å². The summed E-state index contributed by atoms with van der Waals surface area (Å²) in [5.74, 6) is 0.598. The third-order valence-electron chi connectivity index (χ3n) is 0.746. The smallest absolute Gasteiger partial charge is 0.849 e. The van der Waals surface area contributed by atoms with Gasteiger partial charge in [0.2, 0.25) is 0 Å². The monoisotopic (exact) mass is 172 g/mol. The Bertz CT molecular complexity index is 77.4. The van der Waals surface area contributed by atoms with E-state index in [1.807, 2.05) is 6.26 Å². The molecule has 0 N–H and O–H groups in total. The van der Waals surface area contributed by atoms with Gasteiger partial charge in [-0.2, -0.15) is 11.8 Å². The summed E-state index contributed by atoms with van der Waals surface area (Å²) in [4.78, 5) is 10.2. The number of Topliss-reactive ketones (excluding diaryl/α,β-unsaturated/α-hetero) is 1. The molecule has 0 aliphatic rings. The van der Waals surface area contributed by atoms with Crippen molar-refractivity contribution in [3.8, 4) is 0 Å². The average Bonchev–Trinajstić information content (AvgIpc) is 1.83. The van der Waals surface area contributed by atoms with Gasteiger partial charge in [-0.1, -0.05) is 6.61 Å². The van der Waals surface area contributed by atoms with E-state index in [1.165, 1.54) is 0 Å². The van der Waals surface area contributed by atoms with Crippen molar-refractivity contribution < 1.29 is 61.3 Å². The van der Waals surface area contributed by atoms with Crippen LogP contribution in [-0.2, 0) is 4.79 Å². The predicted molar refractivity (Wildman–Crippen MR) is 32.9 cm³/mol. The first-order chi connectivity index (χ1) is 3.81. The molecule has 0 saturated carbocycles. The minimum absolute atomic E-state index is 0. The molecule has 0 heterocycles. The zero-order valence-corrected chi connectivity index (χ0v) is 9.79. The summed E-state index contributed by atoms with van der Waals surface area (Å²) in [7, 11) is 0. The van der Waals surface area contributed by atoms with Crippen molar-refractivity contribution in [3.05, 3.63) is 0 Å². The zero-order chi connectivity index (χ0) is 6.41. The van der Waals surface area contributed by atoms with Gasteiger partial charge in [0, 0.05) is 6.42 Å². The molecule has 0 amide bonds. The molecule has 4 heteroatoms. The molecular weight excluding hydrogens is 163 g/mol. The number of carbonyl (C=O) groups is 1. The van der Waals surface area contributed by atoms with Gasteiger partial charge in [-0.3, -0.25) is 0 Å². The first-order valence-electron chi connectivity index (χ1n) is 2.40. The molecule has 0 aromatic heterocycles. The molecule has 9 heavy (non-hydrogen) atoms. The molecule has 0 spiro atoms. The molecule has 0 aromatic rings. The van der Waals surface area contributed by atoms with Crippen LogP contribution in [0, 0.1) is 0 Å². The Kier molecular flexibility index (Phi) is 14.1. The van der Waals surface area contributed by atoms with Gasteiger partial charge in [0.15, 0.2) is 0 Å². The number of rotatable bonds is 4. The molecule has 0 bridgehead atoms. The van der Waals surface area contributed by atoms with Gasteiger partial charge in [-0.05, 0) is 12.0 Å². The van der Waals surface area contributed by atoms with Crippen LogP contribution < -0.4 is 56.5 Å². The maximum Gasteiger partial charge on any atom is 1.00 e. The minimum atomic E-state index is -0.555. The van der Waals surface area contributed by atoms with Crippen molar-refractivity contribution in [1.29, 1.82) is 0 Å². The van der Waals surface area contributed by atoms with E-state index in [4.69, 9.17) is 0 Å². The Hall–Kier alpha value is 1.62. The predicted octanol–water partition coefficient (Wildman–Crippen LogP) is -3.33. The van der Waals surface area contributed by atoms with E-state index in [1.54, 1.807) is 11.8 Å². The fourth-order valence-corrected chi connectivity index (χ4v) is 0.720. The van der Waals surface area contributed by atoms with Gasteiger partial charge in [0.1, 0.15) is 5.78 Å². The molecular formula is C5H9KO2S. The minimum Gasteiger partial charge on any atom is -0.849 e. The average molecular weight is 172 g/mol. The molecule has 0 fully saturated rings. The first kappa shape index (κ1) is 13.2. The van der Waals surface area contributed by atoms with E-state index >= 15 is 0 Å². The fraction of sp³-hybridized carbons (Fsp3) is 0.800. The van der Waals surface area contributed by atoms with Crippen LogP contribution in [0.3, 0.4) is 0 Å². The van der Waals surface area contributed by atoms with E-state index < -0.39 is 6.61 Å². The second kappa shape index (κ2) is 9.62. The van der Waals surface area contributed by atoms with Crippen molar-refractivity contribution in [3.63, 3.8) is 0 Å². The Morgan fingerprint density at radius 2 is 2.22 bits per heavy atom. The summed E-state index contributed by atoms with van der Waals surface area (Å²) in [6.07, 6.45) is 2.35. The maximum atomic E-state index is 10.2. The molecule has 0 unspecified atom stereocenters. The fourth-order valence-electron chi connectivity index (χ4n) is 0.288. The standard InChI is InChI=1S/C5H9O2S.K/c1-8-3-2-5(7)4-6;/h2-4H2,1H3;/q-1;+1. The Labute approximate surface area is 102 Å². The number of carbonyl (C=O) groups excluding carboxylic acids is 1. The number of hydrogen-bond acceptors (Lipinski definition) is 3. The van der Waals surface area contributed by atoms with Crippen LogP contribution in [0.5, 0.6) is 0 Å². The summed E-state index contributed by atoms with van der Waals surface area (Å²) >= 11 is 1.59. The molecule has 0 radical (unpaired) electrons. The van der Waals surface area contributed by atoms with Crippen LogP contribution in [0.4, 0.5) is 0 Å². The van der Waals surface area contributed by atoms with Crippen molar-refractivity contribution in [2.24, 2.45) is 0 Å². The summed E-state index contributed by atoms with van der Waals surface area (Å²) in [5, 5.41) is 9.78. The Morgan fingerprint density at radius 1 is 1.67 bits per heavy atom. The van der Waals surface area contributed by atoms with Crippen molar-refractivity contribution in [2.75, 3.05) is 18.6 Å². The molecule has 48 valence electrons. The quantitative estimate of drug-likeness (QED) is 0.417. The van der Waals surface area contributed by atoms with Crippen molar-refractivity contribution >= 4 is 17.5 Å². The van der Waals surface area contributed by atoms with Gasteiger partial charge in [0.05, 0.1) is 0 Å². The van der Waals surface area contributed by atoms with Gasteiger partial charge in [-0.15, -0.1) is 0 Å². The van der Waals surface area contributed by atoms with Gasteiger partial charge in [-0.25, -0.2) is 0 Å². The zero-order valence-electron chi connectivity index (χ0n) is 5.85. The van der Waals surface area contributed by atoms with Crippen molar-refractivity contribution in [2.45, 2.75) is 6.42 Å². The normalized spacial score (nSPS) is 8.22. The SMILES string of the molecule is CSCCC(=O)C[O-].[K+]. The van der Waals surface area contributed by atoms with Gasteiger partial charge < -0.3 is 9.90 Å². The van der Waals surface area contributed by atoms with E-state index in [0.717, 1.165) is 5.75 Å². The largest absolute Gasteiger partial charge is 1.00 e. The topological polar surface area (TPSA) is 40.1 Å². The van der Waals surface area contributed by atoms with Crippen molar-refractivity contribution in [1.82, 2.24) is 0 Å². The molecule has 0 aliphatic heterocycles. The Balaban J connectivity index is 0. The third kappa shape index (κ3) is 9.62. The molecule has 0 saturated heterocycles. The van der Waals surface area contributed by atoms with Crippen LogP contribution in [0.15, 0.2) is 0 Å². The Morgan fingerprint density at radius 3 is 2.56 bits per heavy atom. The second-order valence-electron chi connectivity index (χ2n) is 1.43. The summed E-state index contributed by atoms with van der Waals surface area (Å²) < 4.78 is 0. The molecule has 0 aliphatic carbocycles. The third-order valence-corrected chi connectivity index (χ3v) is 1.36. The number of ketones is 1. The van der Waals surface area contributed by atoms with E-state index in [-0.39, 0.29) is 57.2 Å². The van der Waals surface area contributed by atoms with E-state index in [9.17, 15) is 9.90 Å². The van der Waals surface area contributed by atoms with Gasteiger partial charge in [0.25, 0.3) is 0 Å². The number of thioether (sulfide) groups is 1. The summed E-state index contributed by atoms with van der Waals surface area (Å²) in [6, 6.07) is 0. The van der Waals surface area contributed by atoms with Crippen LogP contribution in [-0.4, -0.2) is 24.4 Å². The van der Waals surface area contributed by atoms with Crippen LogP contribution >= 0.6 is 11.8 Å². The molecule has 0 aromatic carbocycles. The summed E-state index contributed by atoms with van der Waals surface area (Å²) in [6.45, 7) is -0.555. The van der Waals surface area contributed by atoms with Crippen LogP contribution in [0.2, 0.25) is 0 Å².